The zero-order valence-corrected chi connectivity index (χ0v) is 8.01. The van der Waals surface area contributed by atoms with Crippen molar-refractivity contribution in [2.24, 2.45) is 0 Å². The van der Waals surface area contributed by atoms with E-state index < -0.39 is 0 Å². The number of anilines is 1. The van der Waals surface area contributed by atoms with Gasteiger partial charge in [0.25, 0.3) is 0 Å². The van der Waals surface area contributed by atoms with Crippen molar-refractivity contribution in [2.45, 2.75) is 0 Å². The molecule has 1 aromatic carbocycles. The number of hydrogen-bond acceptors (Lipinski definition) is 3. The fourth-order valence-corrected chi connectivity index (χ4v) is 1.72. The third-order valence-corrected chi connectivity index (χ3v) is 2.43. The van der Waals surface area contributed by atoms with Crippen LogP contribution < -0.4 is 5.32 Å². The third-order valence-electron chi connectivity index (χ3n) is 2.43. The second-order valence-corrected chi connectivity index (χ2v) is 3.35. The lowest BCUT2D eigenvalue weighted by atomic mass is 10.1. The molecule has 0 saturated heterocycles. The Hall–Kier alpha value is -2.16. The number of hydrogen-bond donors (Lipinski definition) is 1. The first-order chi connectivity index (χ1) is 7.45. The molecule has 1 aromatic heterocycles. The lowest BCUT2D eigenvalue weighted by Crippen LogP contribution is -1.92. The van der Waals surface area contributed by atoms with Gasteiger partial charge in [-0.15, -0.1) is 0 Å². The van der Waals surface area contributed by atoms with E-state index in [0.29, 0.717) is 0 Å². The second-order valence-electron chi connectivity index (χ2n) is 3.35. The van der Waals surface area contributed by atoms with Crippen LogP contribution in [0.15, 0.2) is 43.0 Å². The highest BCUT2D eigenvalue weighted by Gasteiger charge is 2.06. The van der Waals surface area contributed by atoms with Crippen molar-refractivity contribution in [1.29, 1.82) is 0 Å². The molecule has 15 heavy (non-hydrogen) atoms. The van der Waals surface area contributed by atoms with E-state index in [1.165, 1.54) is 0 Å². The molecule has 0 saturated carbocycles. The number of nitrogens with zero attached hydrogens (tertiary/aromatic N) is 2. The fraction of sp³-hybridized carbons (Fsp3) is 0. The number of allylic oxidation sites excluding steroid dienone is 2. The van der Waals surface area contributed by atoms with Crippen molar-refractivity contribution < 1.29 is 0 Å². The van der Waals surface area contributed by atoms with Crippen molar-refractivity contribution >= 4 is 22.7 Å². The van der Waals surface area contributed by atoms with Crippen molar-refractivity contribution in [3.8, 4) is 0 Å². The van der Waals surface area contributed by atoms with Crippen LogP contribution in [0.5, 0.6) is 0 Å². The van der Waals surface area contributed by atoms with Gasteiger partial charge in [-0.1, -0.05) is 18.2 Å². The van der Waals surface area contributed by atoms with Crippen LogP contribution in [-0.4, -0.2) is 9.97 Å². The summed E-state index contributed by atoms with van der Waals surface area (Å²) in [5.74, 6) is 0. The van der Waals surface area contributed by atoms with E-state index in [-0.39, 0.29) is 0 Å². The van der Waals surface area contributed by atoms with Crippen molar-refractivity contribution in [3.63, 3.8) is 0 Å². The van der Waals surface area contributed by atoms with E-state index in [1.54, 1.807) is 6.33 Å². The molecule has 3 rings (SSSR count). The molecule has 1 N–H and O–H groups in total. The molecule has 0 fully saturated rings. The summed E-state index contributed by atoms with van der Waals surface area (Å²) in [7, 11) is 0. The van der Waals surface area contributed by atoms with Crippen LogP contribution in [0.3, 0.4) is 0 Å². The Bertz CT molecular complexity index is 570. The minimum absolute atomic E-state index is 0.958. The maximum absolute atomic E-state index is 4.22. The number of nitrogens with one attached hydrogen (secondary N) is 1. The van der Waals surface area contributed by atoms with Crippen molar-refractivity contribution in [3.05, 3.63) is 48.6 Å². The molecule has 0 atom stereocenters. The summed E-state index contributed by atoms with van der Waals surface area (Å²) in [6.07, 6.45) is 11.4. The van der Waals surface area contributed by atoms with Crippen LogP contribution in [0.1, 0.15) is 5.56 Å². The molecular weight excluding hydrogens is 186 g/mol. The molecule has 3 nitrogen and oxygen atoms in total. The first-order valence-electron chi connectivity index (χ1n) is 4.77. The van der Waals surface area contributed by atoms with Gasteiger partial charge in [0.15, 0.2) is 0 Å². The quantitative estimate of drug-likeness (QED) is 0.702. The minimum atomic E-state index is 0.958. The van der Waals surface area contributed by atoms with Gasteiger partial charge in [0.05, 0.1) is 11.2 Å². The largest absolute Gasteiger partial charge is 0.361 e. The number of benzene rings is 1. The van der Waals surface area contributed by atoms with Crippen LogP contribution >= 0.6 is 0 Å². The van der Waals surface area contributed by atoms with Gasteiger partial charge in [0.2, 0.25) is 0 Å². The lowest BCUT2D eigenvalue weighted by molar-refractivity contribution is 1.22. The molecule has 72 valence electrons. The number of aromatic nitrogens is 2. The lowest BCUT2D eigenvalue weighted by Gasteiger charge is -2.07. The Morgan fingerprint density at radius 1 is 1.13 bits per heavy atom. The van der Waals surface area contributed by atoms with Crippen molar-refractivity contribution in [1.82, 2.24) is 9.97 Å². The molecule has 0 spiro atoms. The van der Waals surface area contributed by atoms with Crippen LogP contribution in [0.4, 0.5) is 5.69 Å². The van der Waals surface area contributed by atoms with Gasteiger partial charge in [-0.05, 0) is 17.7 Å². The summed E-state index contributed by atoms with van der Waals surface area (Å²) in [5.41, 5.74) is 3.18. The molecule has 0 amide bonds. The smallest absolute Gasteiger partial charge is 0.116 e. The summed E-state index contributed by atoms with van der Waals surface area (Å²) in [5, 5.41) is 4.29. The molecule has 3 heteroatoms. The first-order valence-corrected chi connectivity index (χ1v) is 4.77. The maximum atomic E-state index is 4.22. The zero-order valence-electron chi connectivity index (χ0n) is 8.01. The van der Waals surface area contributed by atoms with E-state index in [9.17, 15) is 0 Å². The number of fused-ring (bicyclic) bond motifs is 3. The summed E-state index contributed by atoms with van der Waals surface area (Å²) >= 11 is 0. The predicted octanol–water partition coefficient (Wildman–Crippen LogP) is 2.58. The average Bonchev–Trinajstić information content (AvgIpc) is 2.54. The highest BCUT2D eigenvalue weighted by atomic mass is 14.9. The van der Waals surface area contributed by atoms with Crippen LogP contribution in [-0.2, 0) is 0 Å². The standard InChI is InChI=1S/C12H9N3/c1-2-6-14-12-9(3-1)4-5-11-10(12)7-13-8-15-11/h1-8,14H. The van der Waals surface area contributed by atoms with E-state index in [4.69, 9.17) is 0 Å². The molecular formula is C12H9N3. The van der Waals surface area contributed by atoms with Crippen LogP contribution in [0.25, 0.3) is 17.0 Å². The number of rotatable bonds is 0. The van der Waals surface area contributed by atoms with Gasteiger partial charge < -0.3 is 5.32 Å². The molecule has 0 aliphatic carbocycles. The summed E-state index contributed by atoms with van der Waals surface area (Å²) in [6, 6.07) is 4.06. The van der Waals surface area contributed by atoms with E-state index in [2.05, 4.69) is 27.4 Å². The molecule has 2 aromatic rings. The van der Waals surface area contributed by atoms with Gasteiger partial charge in [-0.3, -0.25) is 0 Å². The minimum Gasteiger partial charge on any atom is -0.361 e. The zero-order chi connectivity index (χ0) is 10.1. The van der Waals surface area contributed by atoms with Gasteiger partial charge in [-0.25, -0.2) is 9.97 Å². The molecule has 0 radical (unpaired) electrons. The normalized spacial score (nSPS) is 13.3. The first kappa shape index (κ1) is 8.17. The molecule has 1 aliphatic rings. The molecule has 1 aliphatic heterocycles. The van der Waals surface area contributed by atoms with Crippen LogP contribution in [0.2, 0.25) is 0 Å². The molecule has 2 heterocycles. The summed E-state index contributed by atoms with van der Waals surface area (Å²) < 4.78 is 0. The topological polar surface area (TPSA) is 37.8 Å². The Kier molecular flexibility index (Phi) is 1.75. The Morgan fingerprint density at radius 3 is 3.13 bits per heavy atom. The average molecular weight is 195 g/mol. The SMILES string of the molecule is C1=CNc2c(ccc3ncncc23)C=C1. The van der Waals surface area contributed by atoms with Crippen molar-refractivity contribution in [2.75, 3.05) is 5.32 Å². The maximum Gasteiger partial charge on any atom is 0.116 e. The molecule has 0 unspecified atom stereocenters. The van der Waals surface area contributed by atoms with Gasteiger partial charge in [-0.2, -0.15) is 0 Å². The second kappa shape index (κ2) is 3.20. The summed E-state index contributed by atoms with van der Waals surface area (Å²) in [6.45, 7) is 0. The summed E-state index contributed by atoms with van der Waals surface area (Å²) in [4.78, 5) is 8.27. The predicted molar refractivity (Wildman–Crippen MR) is 61.3 cm³/mol. The van der Waals surface area contributed by atoms with Crippen LogP contribution in [0, 0.1) is 0 Å². The highest BCUT2D eigenvalue weighted by molar-refractivity contribution is 5.96. The van der Waals surface area contributed by atoms with Gasteiger partial charge in [0, 0.05) is 17.8 Å². The van der Waals surface area contributed by atoms with E-state index in [1.807, 2.05) is 30.6 Å². The monoisotopic (exact) mass is 195 g/mol. The third kappa shape index (κ3) is 1.29. The molecule has 0 bridgehead atoms. The Balaban J connectivity index is 2.38. The Labute approximate surface area is 87.2 Å². The highest BCUT2D eigenvalue weighted by Crippen LogP contribution is 2.27. The fourth-order valence-electron chi connectivity index (χ4n) is 1.72. The Morgan fingerprint density at radius 2 is 2.13 bits per heavy atom. The van der Waals surface area contributed by atoms with Gasteiger partial charge >= 0.3 is 0 Å². The van der Waals surface area contributed by atoms with Gasteiger partial charge in [0.1, 0.15) is 6.33 Å². The van der Waals surface area contributed by atoms with E-state index in [0.717, 1.165) is 22.2 Å². The van der Waals surface area contributed by atoms with E-state index >= 15 is 0 Å².